The summed E-state index contributed by atoms with van der Waals surface area (Å²) in [6, 6.07) is 3.38. The second-order valence-corrected chi connectivity index (χ2v) is 7.54. The Bertz CT molecular complexity index is 698. The zero-order valence-corrected chi connectivity index (χ0v) is 13.3. The number of nitrogen functional groups attached to an aromatic ring is 1. The van der Waals surface area contributed by atoms with Gasteiger partial charge < -0.3 is 5.73 Å². The number of hydrogen-bond donors (Lipinski definition) is 2. The number of rotatable bonds is 4. The van der Waals surface area contributed by atoms with Crippen LogP contribution in [0.3, 0.4) is 0 Å². The first-order valence-corrected chi connectivity index (χ1v) is 8.49. The number of aromatic nitrogens is 1. The number of halogens is 1. The van der Waals surface area contributed by atoms with Crippen molar-refractivity contribution in [2.24, 2.45) is 0 Å². The van der Waals surface area contributed by atoms with Crippen LogP contribution in [0.2, 0.25) is 0 Å². The molecule has 0 unspecified atom stereocenters. The molecule has 5 nitrogen and oxygen atoms in total. The Balaban J connectivity index is 2.23. The van der Waals surface area contributed by atoms with Crippen molar-refractivity contribution in [2.45, 2.75) is 18.4 Å². The average molecular weight is 362 g/mol. The van der Waals surface area contributed by atoms with Crippen molar-refractivity contribution in [3.05, 3.63) is 38.6 Å². The van der Waals surface area contributed by atoms with Gasteiger partial charge in [0.2, 0.25) is 10.0 Å². The van der Waals surface area contributed by atoms with E-state index in [9.17, 15) is 8.42 Å². The molecule has 0 aliphatic rings. The SMILES string of the molecule is Cc1ccsc1CNS(=O)(=O)c1cc(Br)cnc1N. The zero-order valence-electron chi connectivity index (χ0n) is 10.1. The van der Waals surface area contributed by atoms with Gasteiger partial charge in [0.05, 0.1) is 0 Å². The number of anilines is 1. The molecule has 0 aliphatic carbocycles. The van der Waals surface area contributed by atoms with Crippen molar-refractivity contribution in [2.75, 3.05) is 5.73 Å². The van der Waals surface area contributed by atoms with Crippen LogP contribution in [-0.4, -0.2) is 13.4 Å². The summed E-state index contributed by atoms with van der Waals surface area (Å²) >= 11 is 4.69. The molecule has 0 amide bonds. The minimum atomic E-state index is -3.67. The maximum absolute atomic E-state index is 12.2. The van der Waals surface area contributed by atoms with Crippen molar-refractivity contribution in [3.63, 3.8) is 0 Å². The lowest BCUT2D eigenvalue weighted by Crippen LogP contribution is -2.24. The summed E-state index contributed by atoms with van der Waals surface area (Å²) in [5.41, 5.74) is 6.67. The van der Waals surface area contributed by atoms with Crippen LogP contribution in [-0.2, 0) is 16.6 Å². The van der Waals surface area contributed by atoms with E-state index in [0.29, 0.717) is 4.47 Å². The van der Waals surface area contributed by atoms with Gasteiger partial charge in [-0.2, -0.15) is 0 Å². The molecule has 8 heteroatoms. The van der Waals surface area contributed by atoms with Gasteiger partial charge in [-0.25, -0.2) is 18.1 Å². The van der Waals surface area contributed by atoms with Gasteiger partial charge in [0.15, 0.2) is 0 Å². The molecule has 0 bridgehead atoms. The van der Waals surface area contributed by atoms with E-state index in [1.165, 1.54) is 23.6 Å². The first-order chi connectivity index (χ1) is 8.90. The molecule has 3 N–H and O–H groups in total. The van der Waals surface area contributed by atoms with Gasteiger partial charge >= 0.3 is 0 Å². The summed E-state index contributed by atoms with van der Waals surface area (Å²) in [5, 5.41) is 1.92. The highest BCUT2D eigenvalue weighted by Gasteiger charge is 2.19. The summed E-state index contributed by atoms with van der Waals surface area (Å²) in [4.78, 5) is 4.78. The van der Waals surface area contributed by atoms with Crippen LogP contribution in [0.5, 0.6) is 0 Å². The third-order valence-electron chi connectivity index (χ3n) is 2.53. The first kappa shape index (κ1) is 14.4. The minimum Gasteiger partial charge on any atom is -0.383 e. The van der Waals surface area contributed by atoms with Gasteiger partial charge in [0.1, 0.15) is 10.7 Å². The fourth-order valence-electron chi connectivity index (χ4n) is 1.47. The van der Waals surface area contributed by atoms with Crippen molar-refractivity contribution in [3.8, 4) is 0 Å². The fraction of sp³-hybridized carbons (Fsp3) is 0.182. The second-order valence-electron chi connectivity index (χ2n) is 3.89. The van der Waals surface area contributed by atoms with Crippen LogP contribution in [0.4, 0.5) is 5.82 Å². The van der Waals surface area contributed by atoms with Gasteiger partial charge in [0, 0.05) is 22.1 Å². The Labute approximate surface area is 124 Å². The smallest absolute Gasteiger partial charge is 0.244 e. The molecule has 2 aromatic heterocycles. The highest BCUT2D eigenvalue weighted by atomic mass is 79.9. The van der Waals surface area contributed by atoms with Crippen molar-refractivity contribution < 1.29 is 8.42 Å². The topological polar surface area (TPSA) is 85.1 Å². The lowest BCUT2D eigenvalue weighted by atomic mass is 10.3. The predicted molar refractivity (Wildman–Crippen MR) is 79.4 cm³/mol. The van der Waals surface area contributed by atoms with Crippen LogP contribution < -0.4 is 10.5 Å². The Kier molecular flexibility index (Phi) is 4.24. The van der Waals surface area contributed by atoms with Crippen LogP contribution in [0.25, 0.3) is 0 Å². The molecule has 0 fully saturated rings. The number of hydrogen-bond acceptors (Lipinski definition) is 5. The second kappa shape index (κ2) is 5.58. The monoisotopic (exact) mass is 361 g/mol. The molecule has 2 aromatic rings. The number of aryl methyl sites for hydroxylation is 1. The lowest BCUT2D eigenvalue weighted by molar-refractivity contribution is 0.581. The zero-order chi connectivity index (χ0) is 14.0. The van der Waals surface area contributed by atoms with E-state index >= 15 is 0 Å². The third kappa shape index (κ3) is 3.33. The molecule has 19 heavy (non-hydrogen) atoms. The number of pyridine rings is 1. The molecular formula is C11H12BrN3O2S2. The number of nitrogens with two attached hydrogens (primary N) is 1. The van der Waals surface area contributed by atoms with E-state index in [4.69, 9.17) is 5.73 Å². The van der Waals surface area contributed by atoms with Crippen LogP contribution in [0, 0.1) is 6.92 Å². The Hall–Kier alpha value is -0.960. The quantitative estimate of drug-likeness (QED) is 0.874. The van der Waals surface area contributed by atoms with E-state index in [-0.39, 0.29) is 17.3 Å². The summed E-state index contributed by atoms with van der Waals surface area (Å²) in [6.45, 7) is 2.19. The lowest BCUT2D eigenvalue weighted by Gasteiger charge is -2.08. The average Bonchev–Trinajstić information content (AvgIpc) is 2.75. The largest absolute Gasteiger partial charge is 0.383 e. The van der Waals surface area contributed by atoms with Gasteiger partial charge in [-0.1, -0.05) is 0 Å². The van der Waals surface area contributed by atoms with Crippen LogP contribution in [0.15, 0.2) is 33.1 Å². The molecule has 0 aromatic carbocycles. The van der Waals surface area contributed by atoms with E-state index in [0.717, 1.165) is 10.4 Å². The van der Waals surface area contributed by atoms with Gasteiger partial charge in [-0.15, -0.1) is 11.3 Å². The predicted octanol–water partition coefficient (Wildman–Crippen LogP) is 2.27. The number of sulfonamides is 1. The molecule has 0 saturated carbocycles. The summed E-state index contributed by atoms with van der Waals surface area (Å²) in [6.07, 6.45) is 1.46. The molecule has 0 aliphatic heterocycles. The maximum atomic E-state index is 12.2. The molecular weight excluding hydrogens is 350 g/mol. The molecule has 0 atom stereocenters. The van der Waals surface area contributed by atoms with Crippen LogP contribution in [0.1, 0.15) is 10.4 Å². The van der Waals surface area contributed by atoms with E-state index in [1.807, 2.05) is 18.4 Å². The number of thiophene rings is 1. The first-order valence-electron chi connectivity index (χ1n) is 5.34. The van der Waals surface area contributed by atoms with Crippen molar-refractivity contribution in [1.29, 1.82) is 0 Å². The van der Waals surface area contributed by atoms with Crippen LogP contribution >= 0.6 is 27.3 Å². The van der Waals surface area contributed by atoms with Crippen molar-refractivity contribution in [1.82, 2.24) is 9.71 Å². The highest BCUT2D eigenvalue weighted by molar-refractivity contribution is 9.10. The normalized spacial score (nSPS) is 11.7. The van der Waals surface area contributed by atoms with E-state index < -0.39 is 10.0 Å². The Morgan fingerprint density at radius 3 is 2.89 bits per heavy atom. The van der Waals surface area contributed by atoms with E-state index in [2.05, 4.69) is 25.6 Å². The maximum Gasteiger partial charge on any atom is 0.244 e. The molecule has 0 spiro atoms. The molecule has 2 rings (SSSR count). The fourth-order valence-corrected chi connectivity index (χ4v) is 3.99. The van der Waals surface area contributed by atoms with Crippen molar-refractivity contribution >= 4 is 43.1 Å². The molecule has 0 radical (unpaired) electrons. The summed E-state index contributed by atoms with van der Waals surface area (Å²) < 4.78 is 27.4. The van der Waals surface area contributed by atoms with Gasteiger partial charge in [-0.3, -0.25) is 0 Å². The standard InChI is InChI=1S/C11H12BrN3O2S2/c1-7-2-3-18-9(7)6-15-19(16,17)10-4-8(12)5-14-11(10)13/h2-5,15H,6H2,1H3,(H2,13,14). The Morgan fingerprint density at radius 1 is 1.53 bits per heavy atom. The molecule has 2 heterocycles. The summed E-state index contributed by atoms with van der Waals surface area (Å²) in [7, 11) is -3.67. The summed E-state index contributed by atoms with van der Waals surface area (Å²) in [5.74, 6) is -0.0152. The third-order valence-corrected chi connectivity index (χ3v) is 5.42. The number of nitrogens with one attached hydrogen (secondary N) is 1. The highest BCUT2D eigenvalue weighted by Crippen LogP contribution is 2.21. The van der Waals surface area contributed by atoms with Gasteiger partial charge in [0.25, 0.3) is 0 Å². The number of nitrogens with zero attached hydrogens (tertiary/aromatic N) is 1. The molecule has 0 saturated heterocycles. The Morgan fingerprint density at radius 2 is 2.26 bits per heavy atom. The van der Waals surface area contributed by atoms with E-state index in [1.54, 1.807) is 0 Å². The molecule has 102 valence electrons. The minimum absolute atomic E-state index is 0.0152. The van der Waals surface area contributed by atoms with Gasteiger partial charge in [-0.05, 0) is 45.9 Å².